The number of carbonyl (C=O) groups is 2. The number of carboxylic acid groups (broad SMARTS) is 1. The molecule has 0 saturated heterocycles. The van der Waals surface area contributed by atoms with Crippen LogP contribution in [-0.4, -0.2) is 23.0 Å². The summed E-state index contributed by atoms with van der Waals surface area (Å²) in [6.45, 7) is 1.69. The summed E-state index contributed by atoms with van der Waals surface area (Å²) in [7, 11) is 0. The third-order valence-electron chi connectivity index (χ3n) is 2.81. The molecular weight excluding hydrogens is 321 g/mol. The van der Waals surface area contributed by atoms with E-state index in [0.29, 0.717) is 21.3 Å². The molecule has 0 aliphatic heterocycles. The van der Waals surface area contributed by atoms with E-state index >= 15 is 0 Å². The van der Waals surface area contributed by atoms with E-state index in [2.05, 4.69) is 5.32 Å². The van der Waals surface area contributed by atoms with Gasteiger partial charge in [0.1, 0.15) is 10.9 Å². The first kappa shape index (κ1) is 15.1. The van der Waals surface area contributed by atoms with Crippen LogP contribution in [0.3, 0.4) is 0 Å². The van der Waals surface area contributed by atoms with Crippen LogP contribution in [0.2, 0.25) is 10.0 Å². The van der Waals surface area contributed by atoms with Gasteiger partial charge in [-0.15, -0.1) is 11.3 Å². The first-order chi connectivity index (χ1) is 9.43. The second kappa shape index (κ2) is 5.99. The lowest BCUT2D eigenvalue weighted by molar-refractivity contribution is -0.139. The van der Waals surface area contributed by atoms with Crippen molar-refractivity contribution in [1.29, 1.82) is 0 Å². The number of thiophene rings is 1. The van der Waals surface area contributed by atoms with Gasteiger partial charge in [-0.3, -0.25) is 4.79 Å². The Kier molecular flexibility index (Phi) is 4.52. The third kappa shape index (κ3) is 2.90. The van der Waals surface area contributed by atoms with E-state index in [1.807, 2.05) is 0 Å². The predicted octanol–water partition coefficient (Wildman–Crippen LogP) is 3.80. The fraction of sp³-hybridized carbons (Fsp3) is 0.231. The molecule has 2 aromatic rings. The minimum absolute atomic E-state index is 0.295. The van der Waals surface area contributed by atoms with Crippen molar-refractivity contribution in [1.82, 2.24) is 5.32 Å². The van der Waals surface area contributed by atoms with E-state index in [-0.39, 0.29) is 0 Å². The van der Waals surface area contributed by atoms with E-state index in [9.17, 15) is 9.59 Å². The zero-order valence-corrected chi connectivity index (χ0v) is 12.8. The van der Waals surface area contributed by atoms with Crippen LogP contribution < -0.4 is 5.32 Å². The number of rotatable bonds is 4. The van der Waals surface area contributed by atoms with Crippen LogP contribution in [0.4, 0.5) is 0 Å². The van der Waals surface area contributed by atoms with Gasteiger partial charge in [-0.1, -0.05) is 36.2 Å². The monoisotopic (exact) mass is 331 g/mol. The Balaban J connectivity index is 2.35. The third-order valence-corrected chi connectivity index (χ3v) is 4.70. The van der Waals surface area contributed by atoms with Crippen molar-refractivity contribution < 1.29 is 14.7 Å². The van der Waals surface area contributed by atoms with Crippen LogP contribution in [-0.2, 0) is 4.79 Å². The molecule has 0 spiro atoms. The summed E-state index contributed by atoms with van der Waals surface area (Å²) >= 11 is 13.3. The lowest BCUT2D eigenvalue weighted by Gasteiger charge is -2.11. The molecule has 20 heavy (non-hydrogen) atoms. The minimum Gasteiger partial charge on any atom is -0.480 e. The molecule has 0 bridgehead atoms. The fourth-order valence-electron chi connectivity index (χ4n) is 1.75. The van der Waals surface area contributed by atoms with Gasteiger partial charge in [0.05, 0.1) is 5.02 Å². The van der Waals surface area contributed by atoms with Crippen molar-refractivity contribution >= 4 is 56.5 Å². The normalized spacial score (nSPS) is 12.3. The summed E-state index contributed by atoms with van der Waals surface area (Å²) < 4.78 is 0.788. The molecule has 0 aliphatic rings. The maximum absolute atomic E-state index is 12.1. The maximum Gasteiger partial charge on any atom is 0.326 e. The topological polar surface area (TPSA) is 66.4 Å². The first-order valence-corrected chi connectivity index (χ1v) is 7.42. The second-order valence-electron chi connectivity index (χ2n) is 4.16. The molecule has 0 unspecified atom stereocenters. The molecule has 106 valence electrons. The number of halogens is 2. The summed E-state index contributed by atoms with van der Waals surface area (Å²) in [5, 5.41) is 13.0. The molecule has 4 nitrogen and oxygen atoms in total. The van der Waals surface area contributed by atoms with Crippen LogP contribution in [0.1, 0.15) is 23.0 Å². The van der Waals surface area contributed by atoms with Gasteiger partial charge in [-0.05, 0) is 18.6 Å². The number of aliphatic carboxylic acids is 1. The molecule has 1 amide bonds. The SMILES string of the molecule is CC[C@H](NC(=O)c1sc2cc(Cl)ccc2c1Cl)C(=O)O. The summed E-state index contributed by atoms with van der Waals surface area (Å²) in [4.78, 5) is 23.3. The van der Waals surface area contributed by atoms with Gasteiger partial charge in [-0.2, -0.15) is 0 Å². The fourth-order valence-corrected chi connectivity index (χ4v) is 3.44. The standard InChI is InChI=1S/C13H11Cl2NO3S/c1-2-8(13(18)19)16-12(17)11-10(15)7-4-3-6(14)5-9(7)20-11/h3-5,8H,2H2,1H3,(H,16,17)(H,18,19)/t8-/m0/s1. The Morgan fingerprint density at radius 3 is 2.70 bits per heavy atom. The van der Waals surface area contributed by atoms with E-state index in [1.54, 1.807) is 25.1 Å². The molecule has 0 fully saturated rings. The summed E-state index contributed by atoms with van der Waals surface area (Å²) in [6.07, 6.45) is 0.301. The van der Waals surface area contributed by atoms with Crippen molar-refractivity contribution in [2.45, 2.75) is 19.4 Å². The average Bonchev–Trinajstić information content (AvgIpc) is 2.72. The van der Waals surface area contributed by atoms with Crippen molar-refractivity contribution in [2.24, 2.45) is 0 Å². The Bertz CT molecular complexity index is 684. The first-order valence-electron chi connectivity index (χ1n) is 5.85. The van der Waals surface area contributed by atoms with Crippen LogP contribution in [0.5, 0.6) is 0 Å². The average molecular weight is 332 g/mol. The smallest absolute Gasteiger partial charge is 0.326 e. The van der Waals surface area contributed by atoms with Gasteiger partial charge in [0, 0.05) is 15.1 Å². The van der Waals surface area contributed by atoms with Crippen molar-refractivity contribution in [3.05, 3.63) is 33.1 Å². The molecule has 1 atom stereocenters. The number of carboxylic acids is 1. The number of nitrogens with one attached hydrogen (secondary N) is 1. The maximum atomic E-state index is 12.1. The molecule has 0 aliphatic carbocycles. The Labute approximate surface area is 129 Å². The zero-order chi connectivity index (χ0) is 14.9. The number of amides is 1. The van der Waals surface area contributed by atoms with Crippen LogP contribution >= 0.6 is 34.5 Å². The quantitative estimate of drug-likeness (QED) is 0.895. The van der Waals surface area contributed by atoms with Gasteiger partial charge in [0.15, 0.2) is 0 Å². The molecule has 2 rings (SSSR count). The highest BCUT2D eigenvalue weighted by molar-refractivity contribution is 7.21. The van der Waals surface area contributed by atoms with E-state index in [4.69, 9.17) is 28.3 Å². The van der Waals surface area contributed by atoms with Gasteiger partial charge in [0.2, 0.25) is 0 Å². The molecule has 0 radical (unpaired) electrons. The number of hydrogen-bond acceptors (Lipinski definition) is 3. The number of carbonyl (C=O) groups excluding carboxylic acids is 1. The lowest BCUT2D eigenvalue weighted by atomic mass is 10.2. The van der Waals surface area contributed by atoms with Gasteiger partial charge in [-0.25, -0.2) is 4.79 Å². The van der Waals surface area contributed by atoms with Crippen molar-refractivity contribution in [3.63, 3.8) is 0 Å². The predicted molar refractivity (Wildman–Crippen MR) is 81.0 cm³/mol. The molecular formula is C13H11Cl2NO3S. The molecule has 2 N–H and O–H groups in total. The van der Waals surface area contributed by atoms with Gasteiger partial charge < -0.3 is 10.4 Å². The highest BCUT2D eigenvalue weighted by Gasteiger charge is 2.22. The molecule has 1 aromatic heterocycles. The van der Waals surface area contributed by atoms with E-state index in [1.165, 1.54) is 11.3 Å². The van der Waals surface area contributed by atoms with Crippen LogP contribution in [0.25, 0.3) is 10.1 Å². The Morgan fingerprint density at radius 2 is 2.10 bits per heavy atom. The largest absolute Gasteiger partial charge is 0.480 e. The number of fused-ring (bicyclic) bond motifs is 1. The Morgan fingerprint density at radius 1 is 1.40 bits per heavy atom. The van der Waals surface area contributed by atoms with Crippen molar-refractivity contribution in [2.75, 3.05) is 0 Å². The number of benzene rings is 1. The van der Waals surface area contributed by atoms with E-state index < -0.39 is 17.9 Å². The highest BCUT2D eigenvalue weighted by atomic mass is 35.5. The minimum atomic E-state index is -1.07. The summed E-state index contributed by atoms with van der Waals surface area (Å²) in [6, 6.07) is 4.23. The second-order valence-corrected chi connectivity index (χ2v) is 6.02. The molecule has 1 aromatic carbocycles. The van der Waals surface area contributed by atoms with E-state index in [0.717, 1.165) is 10.1 Å². The summed E-state index contributed by atoms with van der Waals surface area (Å²) in [5.74, 6) is -1.55. The Hall–Kier alpha value is -1.30. The van der Waals surface area contributed by atoms with Crippen molar-refractivity contribution in [3.8, 4) is 0 Å². The van der Waals surface area contributed by atoms with Crippen LogP contribution in [0.15, 0.2) is 18.2 Å². The summed E-state index contributed by atoms with van der Waals surface area (Å²) in [5.41, 5.74) is 0. The highest BCUT2D eigenvalue weighted by Crippen LogP contribution is 2.36. The van der Waals surface area contributed by atoms with Gasteiger partial charge in [0.25, 0.3) is 5.91 Å². The molecule has 1 heterocycles. The zero-order valence-electron chi connectivity index (χ0n) is 10.4. The van der Waals surface area contributed by atoms with Crippen LogP contribution in [0, 0.1) is 0 Å². The molecule has 7 heteroatoms. The molecule has 0 saturated carbocycles. The van der Waals surface area contributed by atoms with Gasteiger partial charge >= 0.3 is 5.97 Å². The number of hydrogen-bond donors (Lipinski definition) is 2. The lowest BCUT2D eigenvalue weighted by Crippen LogP contribution is -2.40.